The first-order chi connectivity index (χ1) is 9.76. The number of nitrogens with one attached hydrogen (secondary N) is 1. The fraction of sp³-hybridized carbons (Fsp3) is 0.533. The van der Waals surface area contributed by atoms with E-state index in [1.807, 2.05) is 0 Å². The van der Waals surface area contributed by atoms with Crippen molar-refractivity contribution in [2.75, 3.05) is 19.0 Å². The molecule has 0 unspecified atom stereocenters. The van der Waals surface area contributed by atoms with Crippen LogP contribution in [0.4, 0.5) is 10.5 Å². The summed E-state index contributed by atoms with van der Waals surface area (Å²) < 4.78 is 10.3. The summed E-state index contributed by atoms with van der Waals surface area (Å²) in [5.41, 5.74) is 6.06. The molecule has 1 amide bonds. The van der Waals surface area contributed by atoms with Crippen LogP contribution in [-0.2, 0) is 11.2 Å². The summed E-state index contributed by atoms with van der Waals surface area (Å²) >= 11 is 0. The predicted octanol–water partition coefficient (Wildman–Crippen LogP) is 2.64. The normalized spacial score (nSPS) is 11.1. The van der Waals surface area contributed by atoms with Crippen molar-refractivity contribution in [3.05, 3.63) is 17.7 Å². The van der Waals surface area contributed by atoms with E-state index in [-0.39, 0.29) is 11.4 Å². The van der Waals surface area contributed by atoms with E-state index in [1.54, 1.807) is 32.9 Å². The van der Waals surface area contributed by atoms with Crippen molar-refractivity contribution in [2.24, 2.45) is 5.73 Å². The molecule has 6 nitrogen and oxygen atoms in total. The van der Waals surface area contributed by atoms with Gasteiger partial charge in [-0.1, -0.05) is 0 Å². The minimum atomic E-state index is -0.629. The predicted molar refractivity (Wildman–Crippen MR) is 81.9 cm³/mol. The zero-order valence-corrected chi connectivity index (χ0v) is 13.0. The number of methoxy groups -OCH3 is 1. The Kier molecular flexibility index (Phi) is 5.84. The average molecular weight is 296 g/mol. The number of phenolic OH excluding ortho intramolecular Hbond substituents is 1. The molecular weight excluding hydrogens is 272 g/mol. The van der Waals surface area contributed by atoms with Gasteiger partial charge in [0.2, 0.25) is 0 Å². The molecule has 0 spiro atoms. The molecule has 1 aromatic carbocycles. The van der Waals surface area contributed by atoms with Gasteiger partial charge in [-0.15, -0.1) is 0 Å². The SMILES string of the molecule is COc1cc(CCCN)cc(NC(=O)OC(C)(C)C)c1O. The number of anilines is 1. The van der Waals surface area contributed by atoms with Gasteiger partial charge in [-0.05, 0) is 57.9 Å². The summed E-state index contributed by atoms with van der Waals surface area (Å²) in [6.07, 6.45) is 0.909. The van der Waals surface area contributed by atoms with Gasteiger partial charge in [0.25, 0.3) is 0 Å². The van der Waals surface area contributed by atoms with Crippen molar-refractivity contribution in [3.8, 4) is 11.5 Å². The molecule has 0 aliphatic carbocycles. The molecule has 0 aliphatic heterocycles. The van der Waals surface area contributed by atoms with Gasteiger partial charge in [0.05, 0.1) is 12.8 Å². The quantitative estimate of drug-likeness (QED) is 0.726. The molecule has 6 heteroatoms. The molecule has 0 aromatic heterocycles. The summed E-state index contributed by atoms with van der Waals surface area (Å²) in [6, 6.07) is 3.42. The zero-order chi connectivity index (χ0) is 16.0. The fourth-order valence-corrected chi connectivity index (χ4v) is 1.78. The average Bonchev–Trinajstić information content (AvgIpc) is 2.37. The molecule has 0 aliphatic rings. The molecule has 0 radical (unpaired) electrons. The zero-order valence-electron chi connectivity index (χ0n) is 13.0. The van der Waals surface area contributed by atoms with Gasteiger partial charge in [0.15, 0.2) is 11.5 Å². The lowest BCUT2D eigenvalue weighted by molar-refractivity contribution is 0.0635. The van der Waals surface area contributed by atoms with Crippen molar-refractivity contribution >= 4 is 11.8 Å². The highest BCUT2D eigenvalue weighted by Crippen LogP contribution is 2.36. The van der Waals surface area contributed by atoms with E-state index in [1.165, 1.54) is 7.11 Å². The van der Waals surface area contributed by atoms with E-state index in [9.17, 15) is 9.90 Å². The summed E-state index contributed by atoms with van der Waals surface area (Å²) in [5.74, 6) is 0.176. The topological polar surface area (TPSA) is 93.8 Å². The number of carbonyl (C=O) groups is 1. The Bertz CT molecular complexity index is 495. The molecule has 0 saturated carbocycles. The number of nitrogens with two attached hydrogens (primary N) is 1. The van der Waals surface area contributed by atoms with E-state index in [2.05, 4.69) is 5.32 Å². The number of phenols is 1. The number of hydrogen-bond acceptors (Lipinski definition) is 5. The Morgan fingerprint density at radius 3 is 2.57 bits per heavy atom. The smallest absolute Gasteiger partial charge is 0.412 e. The number of benzene rings is 1. The number of amides is 1. The van der Waals surface area contributed by atoms with Crippen LogP contribution in [0, 0.1) is 0 Å². The maximum atomic E-state index is 11.8. The molecular formula is C15H24N2O4. The van der Waals surface area contributed by atoms with E-state index in [4.69, 9.17) is 15.2 Å². The lowest BCUT2D eigenvalue weighted by atomic mass is 10.1. The number of ether oxygens (including phenoxy) is 2. The van der Waals surface area contributed by atoms with Gasteiger partial charge in [-0.2, -0.15) is 0 Å². The van der Waals surface area contributed by atoms with Crippen molar-refractivity contribution in [1.82, 2.24) is 0 Å². The summed E-state index contributed by atoms with van der Waals surface area (Å²) in [6.45, 7) is 5.87. The monoisotopic (exact) mass is 296 g/mol. The van der Waals surface area contributed by atoms with Crippen LogP contribution < -0.4 is 15.8 Å². The van der Waals surface area contributed by atoms with E-state index < -0.39 is 11.7 Å². The van der Waals surface area contributed by atoms with Gasteiger partial charge < -0.3 is 20.3 Å². The summed E-state index contributed by atoms with van der Waals surface area (Å²) in [7, 11) is 1.46. The van der Waals surface area contributed by atoms with Crippen LogP contribution in [0.1, 0.15) is 32.8 Å². The molecule has 0 heterocycles. The van der Waals surface area contributed by atoms with Gasteiger partial charge in [-0.25, -0.2) is 4.79 Å². The number of rotatable bonds is 5. The maximum Gasteiger partial charge on any atom is 0.412 e. The maximum absolute atomic E-state index is 11.8. The standard InChI is InChI=1S/C15H24N2O4/c1-15(2,3)21-14(19)17-11-8-10(6-5-7-16)9-12(20-4)13(11)18/h8-9,18H,5-7,16H2,1-4H3,(H,17,19). The van der Waals surface area contributed by atoms with Crippen LogP contribution in [0.3, 0.4) is 0 Å². The van der Waals surface area contributed by atoms with Crippen LogP contribution in [0.2, 0.25) is 0 Å². The third kappa shape index (κ3) is 5.51. The molecule has 0 bridgehead atoms. The highest BCUT2D eigenvalue weighted by molar-refractivity contribution is 5.88. The lowest BCUT2D eigenvalue weighted by Crippen LogP contribution is -2.27. The summed E-state index contributed by atoms with van der Waals surface area (Å²) in [5, 5.41) is 12.6. The summed E-state index contributed by atoms with van der Waals surface area (Å²) in [4.78, 5) is 11.8. The molecule has 0 atom stereocenters. The second-order valence-electron chi connectivity index (χ2n) is 5.71. The lowest BCUT2D eigenvalue weighted by Gasteiger charge is -2.20. The number of hydrogen-bond donors (Lipinski definition) is 3. The molecule has 0 fully saturated rings. The van der Waals surface area contributed by atoms with Gasteiger partial charge >= 0.3 is 6.09 Å². The highest BCUT2D eigenvalue weighted by atomic mass is 16.6. The molecule has 118 valence electrons. The molecule has 21 heavy (non-hydrogen) atoms. The largest absolute Gasteiger partial charge is 0.503 e. The molecule has 1 rings (SSSR count). The van der Waals surface area contributed by atoms with Gasteiger partial charge in [0.1, 0.15) is 5.60 Å². The Balaban J connectivity index is 2.96. The van der Waals surface area contributed by atoms with Crippen LogP contribution >= 0.6 is 0 Å². The number of carbonyl (C=O) groups excluding carboxylic acids is 1. The Labute approximate surface area is 125 Å². The second-order valence-corrected chi connectivity index (χ2v) is 5.71. The van der Waals surface area contributed by atoms with E-state index in [0.29, 0.717) is 12.3 Å². The van der Waals surface area contributed by atoms with E-state index >= 15 is 0 Å². The van der Waals surface area contributed by atoms with Gasteiger partial charge in [-0.3, -0.25) is 5.32 Å². The first kappa shape index (κ1) is 17.1. The van der Waals surface area contributed by atoms with Crippen LogP contribution in [0.25, 0.3) is 0 Å². The molecule has 0 saturated heterocycles. The Morgan fingerprint density at radius 1 is 1.38 bits per heavy atom. The Hall–Kier alpha value is -1.95. The number of aryl methyl sites for hydroxylation is 1. The van der Waals surface area contributed by atoms with Gasteiger partial charge in [0, 0.05) is 0 Å². The number of aromatic hydroxyl groups is 1. The third-order valence-electron chi connectivity index (χ3n) is 2.66. The minimum Gasteiger partial charge on any atom is -0.503 e. The van der Waals surface area contributed by atoms with Crippen LogP contribution in [0.15, 0.2) is 12.1 Å². The highest BCUT2D eigenvalue weighted by Gasteiger charge is 2.19. The molecule has 1 aromatic rings. The Morgan fingerprint density at radius 2 is 2.05 bits per heavy atom. The van der Waals surface area contributed by atoms with Crippen molar-refractivity contribution in [1.29, 1.82) is 0 Å². The molecule has 4 N–H and O–H groups in total. The third-order valence-corrected chi connectivity index (χ3v) is 2.66. The minimum absolute atomic E-state index is 0.125. The van der Waals surface area contributed by atoms with E-state index in [0.717, 1.165) is 18.4 Å². The van der Waals surface area contributed by atoms with Crippen molar-refractivity contribution < 1.29 is 19.4 Å². The van der Waals surface area contributed by atoms with Crippen LogP contribution in [-0.4, -0.2) is 30.5 Å². The van der Waals surface area contributed by atoms with Crippen LogP contribution in [0.5, 0.6) is 11.5 Å². The fourth-order valence-electron chi connectivity index (χ4n) is 1.78. The first-order valence-corrected chi connectivity index (χ1v) is 6.86. The van der Waals surface area contributed by atoms with Crippen molar-refractivity contribution in [3.63, 3.8) is 0 Å². The second kappa shape index (κ2) is 7.17. The first-order valence-electron chi connectivity index (χ1n) is 6.86. The van der Waals surface area contributed by atoms with Crippen molar-refractivity contribution in [2.45, 2.75) is 39.2 Å².